The fraction of sp³-hybridized carbons (Fsp3) is 0.154. The zero-order valence-electron chi connectivity index (χ0n) is 18.4. The number of hydrogen-bond acceptors (Lipinski definition) is 2. The van der Waals surface area contributed by atoms with Crippen LogP contribution in [0.25, 0.3) is 0 Å². The smallest absolute Gasteiger partial charge is 0 e. The van der Waals surface area contributed by atoms with Gasteiger partial charge in [-0.05, 0) is 11.1 Å². The number of rotatable bonds is 3. The molecule has 2 unspecified atom stereocenters. The van der Waals surface area contributed by atoms with Crippen LogP contribution in [0, 0.1) is 63.6 Å². The van der Waals surface area contributed by atoms with Crippen LogP contribution in [0.4, 0.5) is 0 Å². The number of unbranched alkanes of at least 4 members (excludes halogenated alkanes) is 1. The van der Waals surface area contributed by atoms with Crippen molar-refractivity contribution < 1.29 is 71.7 Å². The Hall–Kier alpha value is -3.07. The van der Waals surface area contributed by atoms with Crippen LogP contribution in [0.1, 0.15) is 36.2 Å². The zero-order chi connectivity index (χ0) is 27.6. The summed E-state index contributed by atoms with van der Waals surface area (Å²) in [5, 5.41) is 19.7. The van der Waals surface area contributed by atoms with Gasteiger partial charge in [0.2, 0.25) is 0 Å². The molecule has 36 heavy (non-hydrogen) atoms. The van der Waals surface area contributed by atoms with Crippen molar-refractivity contribution in [2.75, 3.05) is 0 Å². The first-order valence-electron chi connectivity index (χ1n) is 8.42. The number of aliphatic hydroxyl groups is 2. The minimum Gasteiger partial charge on any atom is 0 e. The maximum atomic E-state index is 9.86. The standard InChI is InChI=1S/C20H18O2.6CO.2Co/c21-19(17-11-5-3-6-12-17)15-9-1-2-10-16-20(22)18-13-7-4-8-14-18;6*1-2;;/h3-8,11-14,19-22H,1-2H2;;;;;;;;. The molecule has 0 bridgehead atoms. The average molecular weight is 576 g/mol. The van der Waals surface area contributed by atoms with Crippen molar-refractivity contribution in [1.29, 1.82) is 0 Å². The molecule has 0 fully saturated rings. The van der Waals surface area contributed by atoms with Crippen molar-refractivity contribution in [3.63, 3.8) is 0 Å². The van der Waals surface area contributed by atoms with Gasteiger partial charge in [0.25, 0.3) is 0 Å². The Bertz CT molecular complexity index is 848. The molecule has 2 radical (unpaired) electrons. The predicted molar refractivity (Wildman–Crippen MR) is 111 cm³/mol. The van der Waals surface area contributed by atoms with Crippen molar-refractivity contribution in [1.82, 2.24) is 0 Å². The molecular weight excluding hydrogens is 558 g/mol. The Kier molecular flexibility index (Phi) is 68.2. The molecule has 0 aliphatic heterocycles. The molecule has 10 heteroatoms. The minimum absolute atomic E-state index is 0. The topological polar surface area (TPSA) is 160 Å². The Balaban J connectivity index is -0.000000106. The first-order chi connectivity index (χ1) is 16.8. The summed E-state index contributed by atoms with van der Waals surface area (Å²) in [6.07, 6.45) is -0.385. The van der Waals surface area contributed by atoms with Gasteiger partial charge in [-0.3, -0.25) is 0 Å². The van der Waals surface area contributed by atoms with E-state index in [2.05, 4.69) is 63.6 Å². The van der Waals surface area contributed by atoms with Crippen molar-refractivity contribution >= 4 is 0 Å². The first-order valence-corrected chi connectivity index (χ1v) is 8.42. The third-order valence-corrected chi connectivity index (χ3v) is 3.08. The van der Waals surface area contributed by atoms with Crippen LogP contribution in [0.2, 0.25) is 0 Å². The normalized spacial score (nSPS) is 7.83. The fourth-order valence-corrected chi connectivity index (χ4v) is 1.90. The molecule has 2 atom stereocenters. The molecule has 2 aromatic rings. The molecule has 0 heterocycles. The molecule has 2 aromatic carbocycles. The van der Waals surface area contributed by atoms with Gasteiger partial charge < -0.3 is 10.2 Å². The molecule has 0 saturated heterocycles. The van der Waals surface area contributed by atoms with Gasteiger partial charge in [-0.15, -0.1) is 0 Å². The van der Waals surface area contributed by atoms with Gasteiger partial charge in [-0.2, -0.15) is 0 Å². The summed E-state index contributed by atoms with van der Waals surface area (Å²) in [6, 6.07) is 18.7. The van der Waals surface area contributed by atoms with Crippen molar-refractivity contribution in [2.45, 2.75) is 25.0 Å². The van der Waals surface area contributed by atoms with E-state index >= 15 is 0 Å². The number of benzene rings is 2. The Morgan fingerprint density at radius 3 is 0.944 bits per heavy atom. The molecule has 0 spiro atoms. The van der Waals surface area contributed by atoms with Gasteiger partial charge in [0, 0.05) is 46.4 Å². The second kappa shape index (κ2) is 49.2. The van der Waals surface area contributed by atoms with E-state index in [1.807, 2.05) is 60.7 Å². The number of aliphatic hydroxyl groups excluding tert-OH is 2. The van der Waals surface area contributed by atoms with E-state index in [9.17, 15) is 10.2 Å². The van der Waals surface area contributed by atoms with Gasteiger partial charge in [0.05, 0.1) is 0 Å². The molecule has 8 nitrogen and oxygen atoms in total. The molecule has 0 amide bonds. The second-order valence-electron chi connectivity index (χ2n) is 4.77. The van der Waals surface area contributed by atoms with Crippen LogP contribution in [0.3, 0.4) is 0 Å². The quantitative estimate of drug-likeness (QED) is 0.249. The van der Waals surface area contributed by atoms with Crippen LogP contribution in [-0.4, -0.2) is 10.2 Å². The molecule has 2 N–H and O–H groups in total. The van der Waals surface area contributed by atoms with E-state index in [1.54, 1.807) is 0 Å². The third kappa shape index (κ3) is 30.9. The van der Waals surface area contributed by atoms with Crippen LogP contribution < -0.4 is 0 Å². The van der Waals surface area contributed by atoms with E-state index in [-0.39, 0.29) is 33.6 Å². The van der Waals surface area contributed by atoms with Crippen LogP contribution >= 0.6 is 0 Å². The van der Waals surface area contributed by atoms with E-state index in [0.29, 0.717) is 12.8 Å². The summed E-state index contributed by atoms with van der Waals surface area (Å²) < 4.78 is 45.0. The van der Waals surface area contributed by atoms with Gasteiger partial charge in [-0.1, -0.05) is 84.3 Å². The van der Waals surface area contributed by atoms with Gasteiger partial charge in [0.15, 0.2) is 0 Å². The van der Waals surface area contributed by atoms with E-state index in [4.69, 9.17) is 27.9 Å². The van der Waals surface area contributed by atoms with Crippen molar-refractivity contribution in [3.05, 3.63) is 112 Å². The average Bonchev–Trinajstić information content (AvgIpc) is 2.97. The Morgan fingerprint density at radius 2 is 0.722 bits per heavy atom. The Labute approximate surface area is 231 Å². The predicted octanol–water partition coefficient (Wildman–Crippen LogP) is 3.01. The van der Waals surface area contributed by atoms with Crippen molar-refractivity contribution in [2.24, 2.45) is 0 Å². The maximum Gasteiger partial charge on any atom is 0 e. The van der Waals surface area contributed by atoms with Crippen molar-refractivity contribution in [3.8, 4) is 23.7 Å². The second-order valence-corrected chi connectivity index (χ2v) is 4.77. The van der Waals surface area contributed by atoms with Gasteiger partial charge in [0.1, 0.15) is 12.2 Å². The molecule has 2 rings (SSSR count). The van der Waals surface area contributed by atoms with E-state index < -0.39 is 12.2 Å². The van der Waals surface area contributed by atoms with Crippen LogP contribution in [-0.2, 0) is 61.5 Å². The molecule has 0 saturated carbocycles. The third-order valence-electron chi connectivity index (χ3n) is 3.08. The fourth-order valence-electron chi connectivity index (χ4n) is 1.90. The van der Waals surface area contributed by atoms with Gasteiger partial charge >= 0.3 is 67.8 Å². The Morgan fingerprint density at radius 1 is 0.500 bits per heavy atom. The SMILES string of the molecule is OC(C#CCCC#CC(O)c1ccccc1)c1ccccc1.[C-]#[O+].[C-]#[O+].[C-]#[O+].[C-]#[O+].[C-]#[O+].[C-]#[O+].[Co].[Co]. The largest absolute Gasteiger partial charge is 0 e. The van der Waals surface area contributed by atoms with Crippen LogP contribution in [0.15, 0.2) is 60.7 Å². The summed E-state index contributed by atoms with van der Waals surface area (Å²) in [6.45, 7) is 27.0. The van der Waals surface area contributed by atoms with E-state index in [1.165, 1.54) is 0 Å². The number of hydrogen-bond donors (Lipinski definition) is 2. The molecule has 0 aliphatic rings. The maximum absolute atomic E-state index is 9.86. The molecule has 0 aromatic heterocycles. The van der Waals surface area contributed by atoms with Gasteiger partial charge in [-0.25, -0.2) is 0 Å². The zero-order valence-corrected chi connectivity index (χ0v) is 20.4. The minimum atomic E-state index is -0.760. The monoisotopic (exact) mass is 576 g/mol. The molecule has 0 aliphatic carbocycles. The summed E-state index contributed by atoms with van der Waals surface area (Å²) in [5.41, 5.74) is 1.58. The summed E-state index contributed by atoms with van der Waals surface area (Å²) in [5.74, 6) is 11.4. The summed E-state index contributed by atoms with van der Waals surface area (Å²) >= 11 is 0. The van der Waals surface area contributed by atoms with E-state index in [0.717, 1.165) is 11.1 Å². The van der Waals surface area contributed by atoms with Crippen LogP contribution in [0.5, 0.6) is 0 Å². The molecule has 188 valence electrons. The first kappa shape index (κ1) is 49.9. The summed E-state index contributed by atoms with van der Waals surface area (Å²) in [7, 11) is 0. The molecular formula is C26H18Co2O8. The summed E-state index contributed by atoms with van der Waals surface area (Å²) in [4.78, 5) is 0.